The Morgan fingerprint density at radius 3 is 2.42 bits per heavy atom. The van der Waals surface area contributed by atoms with E-state index in [1.807, 2.05) is 0 Å². The largest absolute Gasteiger partial charge is 0.463 e. The Balaban J connectivity index is 4.26. The van der Waals surface area contributed by atoms with Gasteiger partial charge in [0.05, 0.1) is 6.61 Å². The zero-order chi connectivity index (χ0) is 9.78. The third-order valence-corrected chi connectivity index (χ3v) is 1.72. The quantitative estimate of drug-likeness (QED) is 0.444. The molecule has 0 atom stereocenters. The van der Waals surface area contributed by atoms with Crippen molar-refractivity contribution >= 4 is 28.6 Å². The van der Waals surface area contributed by atoms with Crippen LogP contribution in [0.2, 0.25) is 0 Å². The van der Waals surface area contributed by atoms with Crippen LogP contribution in [0.5, 0.6) is 0 Å². The number of carbonyl (C=O) groups excluding carboxylic acids is 1. The predicted octanol–water partition coefficient (Wildman–Crippen LogP) is 2.43. The first kappa shape index (κ1) is 11.7. The van der Waals surface area contributed by atoms with Crippen LogP contribution in [0, 0.1) is 0 Å². The normalized spacial score (nSPS) is 12.9. The summed E-state index contributed by atoms with van der Waals surface area (Å²) in [5.74, 6) is -0.973. The van der Waals surface area contributed by atoms with E-state index in [-0.39, 0.29) is 6.61 Å². The number of hydrogen-bond donors (Lipinski definition) is 0. The van der Waals surface area contributed by atoms with Crippen LogP contribution >= 0.6 is 22.6 Å². The number of allylic oxidation sites excluding steroid dienone is 1. The van der Waals surface area contributed by atoms with Gasteiger partial charge in [-0.15, -0.1) is 0 Å². The molecule has 0 aromatic carbocycles. The highest BCUT2D eigenvalue weighted by Gasteiger charge is 2.32. The lowest BCUT2D eigenvalue weighted by Crippen LogP contribution is -2.10. The first-order chi connectivity index (χ1) is 5.38. The summed E-state index contributed by atoms with van der Waals surface area (Å²) in [7, 11) is 0. The number of ether oxygens (including phenoxy) is 1. The average molecular weight is 294 g/mol. The number of esters is 1. The molecule has 12 heavy (non-hydrogen) atoms. The lowest BCUT2D eigenvalue weighted by Gasteiger charge is -2.03. The second-order valence-electron chi connectivity index (χ2n) is 1.74. The summed E-state index contributed by atoms with van der Waals surface area (Å²) in [5, 5.41) is 0. The SMILES string of the molecule is CCOC(=O)/C=C(\I)C(F)(F)F. The van der Waals surface area contributed by atoms with E-state index in [0.29, 0.717) is 6.08 Å². The van der Waals surface area contributed by atoms with Crippen LogP contribution in [0.25, 0.3) is 0 Å². The topological polar surface area (TPSA) is 26.3 Å². The van der Waals surface area contributed by atoms with Crippen LogP contribution in [0.3, 0.4) is 0 Å². The second kappa shape index (κ2) is 4.68. The standard InChI is InChI=1S/C6H6F3IO2/c1-2-12-5(11)3-4(10)6(7,8)9/h3H,2H2,1H3/b4-3-. The van der Waals surface area contributed by atoms with Crippen LogP contribution in [-0.2, 0) is 9.53 Å². The summed E-state index contributed by atoms with van der Waals surface area (Å²) in [6.07, 6.45) is -4.04. The smallest absolute Gasteiger partial charge is 0.422 e. The van der Waals surface area contributed by atoms with E-state index in [4.69, 9.17) is 0 Å². The summed E-state index contributed by atoms with van der Waals surface area (Å²) in [4.78, 5) is 10.5. The van der Waals surface area contributed by atoms with Crippen molar-refractivity contribution in [3.63, 3.8) is 0 Å². The van der Waals surface area contributed by atoms with Crippen molar-refractivity contribution < 1.29 is 22.7 Å². The van der Waals surface area contributed by atoms with E-state index in [1.165, 1.54) is 6.92 Å². The van der Waals surface area contributed by atoms with Crippen molar-refractivity contribution in [1.29, 1.82) is 0 Å². The highest BCUT2D eigenvalue weighted by atomic mass is 127. The van der Waals surface area contributed by atoms with Gasteiger partial charge in [0.1, 0.15) is 3.58 Å². The van der Waals surface area contributed by atoms with E-state index in [2.05, 4.69) is 4.74 Å². The monoisotopic (exact) mass is 294 g/mol. The molecule has 0 aliphatic heterocycles. The molecule has 0 aliphatic carbocycles. The van der Waals surface area contributed by atoms with Crippen molar-refractivity contribution in [2.45, 2.75) is 13.1 Å². The molecule has 0 heterocycles. The van der Waals surface area contributed by atoms with Crippen LogP contribution in [0.1, 0.15) is 6.92 Å². The zero-order valence-electron chi connectivity index (χ0n) is 6.11. The van der Waals surface area contributed by atoms with Gasteiger partial charge in [-0.05, 0) is 29.5 Å². The minimum Gasteiger partial charge on any atom is -0.463 e. The molecule has 0 aliphatic rings. The number of hydrogen-bond acceptors (Lipinski definition) is 2. The van der Waals surface area contributed by atoms with Gasteiger partial charge < -0.3 is 4.74 Å². The minimum absolute atomic E-state index is 0.0666. The molecular weight excluding hydrogens is 288 g/mol. The van der Waals surface area contributed by atoms with Gasteiger partial charge in [-0.3, -0.25) is 0 Å². The summed E-state index contributed by atoms with van der Waals surface area (Å²) < 4.78 is 38.6. The fraction of sp³-hybridized carbons (Fsp3) is 0.500. The second-order valence-corrected chi connectivity index (χ2v) is 2.90. The fourth-order valence-corrected chi connectivity index (χ4v) is 0.623. The molecule has 0 unspecified atom stereocenters. The Hall–Kier alpha value is -0.270. The van der Waals surface area contributed by atoms with Gasteiger partial charge in [-0.25, -0.2) is 4.79 Å². The third-order valence-electron chi connectivity index (χ3n) is 0.802. The van der Waals surface area contributed by atoms with Gasteiger partial charge in [-0.2, -0.15) is 13.2 Å². The Labute approximate surface area is 80.9 Å². The Bertz CT molecular complexity index is 197. The van der Waals surface area contributed by atoms with Crippen molar-refractivity contribution in [2.75, 3.05) is 6.61 Å². The number of halogens is 4. The van der Waals surface area contributed by atoms with Gasteiger partial charge in [-0.1, -0.05) is 0 Å². The highest BCUT2D eigenvalue weighted by Crippen LogP contribution is 2.30. The van der Waals surface area contributed by atoms with Crippen LogP contribution in [0.15, 0.2) is 9.66 Å². The molecule has 0 fully saturated rings. The molecule has 0 aromatic heterocycles. The van der Waals surface area contributed by atoms with Crippen molar-refractivity contribution in [1.82, 2.24) is 0 Å². The Kier molecular flexibility index (Phi) is 4.58. The summed E-state index contributed by atoms with van der Waals surface area (Å²) in [6, 6.07) is 0. The average Bonchev–Trinajstić information content (AvgIpc) is 1.85. The van der Waals surface area contributed by atoms with Gasteiger partial charge in [0.15, 0.2) is 0 Å². The molecule has 2 nitrogen and oxygen atoms in total. The van der Waals surface area contributed by atoms with Crippen LogP contribution in [0.4, 0.5) is 13.2 Å². The Morgan fingerprint density at radius 1 is 1.58 bits per heavy atom. The summed E-state index contributed by atoms with van der Waals surface area (Å²) >= 11 is 1.04. The molecule has 0 radical (unpaired) electrons. The summed E-state index contributed by atoms with van der Waals surface area (Å²) in [6.45, 7) is 1.59. The van der Waals surface area contributed by atoms with Gasteiger partial charge >= 0.3 is 12.1 Å². The predicted molar refractivity (Wildman–Crippen MR) is 44.8 cm³/mol. The molecule has 0 saturated heterocycles. The van der Waals surface area contributed by atoms with E-state index >= 15 is 0 Å². The van der Waals surface area contributed by atoms with E-state index in [1.54, 1.807) is 0 Å². The zero-order valence-corrected chi connectivity index (χ0v) is 8.27. The molecule has 0 N–H and O–H groups in total. The van der Waals surface area contributed by atoms with E-state index in [9.17, 15) is 18.0 Å². The lowest BCUT2D eigenvalue weighted by atomic mass is 10.5. The fourth-order valence-electron chi connectivity index (χ4n) is 0.369. The molecule has 70 valence electrons. The maximum atomic E-state index is 11.8. The molecule has 0 aromatic rings. The van der Waals surface area contributed by atoms with Crippen LogP contribution in [-0.4, -0.2) is 18.8 Å². The molecule has 0 saturated carbocycles. The van der Waals surface area contributed by atoms with Gasteiger partial charge in [0.25, 0.3) is 0 Å². The first-order valence-corrected chi connectivity index (χ1v) is 4.07. The molecule has 0 bridgehead atoms. The van der Waals surface area contributed by atoms with Crippen molar-refractivity contribution in [2.24, 2.45) is 0 Å². The molecule has 0 spiro atoms. The number of carbonyl (C=O) groups is 1. The van der Waals surface area contributed by atoms with Crippen molar-refractivity contribution in [3.05, 3.63) is 9.66 Å². The molecular formula is C6H6F3IO2. The lowest BCUT2D eigenvalue weighted by molar-refractivity contribution is -0.138. The van der Waals surface area contributed by atoms with Gasteiger partial charge in [0, 0.05) is 6.08 Å². The number of alkyl halides is 3. The van der Waals surface area contributed by atoms with E-state index < -0.39 is 15.7 Å². The first-order valence-electron chi connectivity index (χ1n) is 2.99. The maximum Gasteiger partial charge on any atom is 0.422 e. The van der Waals surface area contributed by atoms with Crippen LogP contribution < -0.4 is 0 Å². The highest BCUT2D eigenvalue weighted by molar-refractivity contribution is 14.1. The third kappa shape index (κ3) is 4.58. The number of rotatable bonds is 2. The molecule has 6 heteroatoms. The Morgan fingerprint density at radius 2 is 2.08 bits per heavy atom. The van der Waals surface area contributed by atoms with E-state index in [0.717, 1.165) is 22.6 Å². The van der Waals surface area contributed by atoms with Crippen molar-refractivity contribution in [3.8, 4) is 0 Å². The maximum absolute atomic E-state index is 11.8. The molecule has 0 amide bonds. The summed E-state index contributed by atoms with van der Waals surface area (Å²) in [5.41, 5.74) is 0. The minimum atomic E-state index is -4.46. The van der Waals surface area contributed by atoms with Gasteiger partial charge in [0.2, 0.25) is 0 Å². The molecule has 0 rings (SSSR count).